The molecule has 0 atom stereocenters. The van der Waals surface area contributed by atoms with Gasteiger partial charge in [-0.25, -0.2) is 0 Å². The Bertz CT molecular complexity index is 329. The number of likely N-dealkylation sites (tertiary alicyclic amines) is 1. The molecule has 80 valence electrons. The summed E-state index contributed by atoms with van der Waals surface area (Å²) in [4.78, 5) is 13.0. The number of rotatable bonds is 4. The summed E-state index contributed by atoms with van der Waals surface area (Å²) in [5.74, 6) is 0. The second-order valence-corrected chi connectivity index (χ2v) is 4.12. The van der Waals surface area contributed by atoms with E-state index in [1.54, 1.807) is 0 Å². The van der Waals surface area contributed by atoms with Gasteiger partial charge in [-0.3, -0.25) is 4.90 Å². The van der Waals surface area contributed by atoms with Crippen LogP contribution in [0.2, 0.25) is 0 Å². The van der Waals surface area contributed by atoms with E-state index in [1.807, 2.05) is 6.07 Å². The van der Waals surface area contributed by atoms with Crippen LogP contribution in [0.15, 0.2) is 24.3 Å². The molecule has 1 fully saturated rings. The number of hydrogen-bond donors (Lipinski definition) is 0. The molecule has 2 nitrogen and oxygen atoms in total. The Kier molecular flexibility index (Phi) is 3.51. The Morgan fingerprint density at radius 1 is 1.13 bits per heavy atom. The zero-order valence-corrected chi connectivity index (χ0v) is 8.98. The van der Waals surface area contributed by atoms with Gasteiger partial charge in [-0.1, -0.05) is 24.3 Å². The Labute approximate surface area is 90.9 Å². The van der Waals surface area contributed by atoms with E-state index in [0.29, 0.717) is 6.42 Å². The van der Waals surface area contributed by atoms with E-state index < -0.39 is 0 Å². The summed E-state index contributed by atoms with van der Waals surface area (Å²) in [6.45, 7) is 3.41. The predicted molar refractivity (Wildman–Crippen MR) is 60.7 cm³/mol. The van der Waals surface area contributed by atoms with Crippen molar-refractivity contribution in [1.29, 1.82) is 0 Å². The van der Waals surface area contributed by atoms with Crippen molar-refractivity contribution in [3.05, 3.63) is 35.4 Å². The molecule has 0 aromatic heterocycles. The van der Waals surface area contributed by atoms with Crippen molar-refractivity contribution in [3.8, 4) is 0 Å². The van der Waals surface area contributed by atoms with E-state index in [9.17, 15) is 4.79 Å². The molecule has 0 aliphatic carbocycles. The first kappa shape index (κ1) is 10.4. The molecule has 2 heteroatoms. The minimum absolute atomic E-state index is 0.546. The predicted octanol–water partition coefficient (Wildman–Crippen LogP) is 2.02. The van der Waals surface area contributed by atoms with Crippen LogP contribution in [0.1, 0.15) is 24.0 Å². The lowest BCUT2D eigenvalue weighted by Gasteiger charge is -2.16. The van der Waals surface area contributed by atoms with Crippen LogP contribution in [0.4, 0.5) is 0 Å². The number of aldehydes is 1. The van der Waals surface area contributed by atoms with Crippen LogP contribution in [0.25, 0.3) is 0 Å². The van der Waals surface area contributed by atoms with Gasteiger partial charge >= 0.3 is 0 Å². The minimum atomic E-state index is 0.546. The van der Waals surface area contributed by atoms with E-state index in [2.05, 4.69) is 23.1 Å². The Hall–Kier alpha value is -1.15. The van der Waals surface area contributed by atoms with Gasteiger partial charge in [0.05, 0.1) is 0 Å². The fourth-order valence-corrected chi connectivity index (χ4v) is 2.18. The molecule has 1 aromatic rings. The van der Waals surface area contributed by atoms with Gasteiger partial charge < -0.3 is 4.79 Å². The lowest BCUT2D eigenvalue weighted by atomic mass is 10.0. The van der Waals surface area contributed by atoms with Gasteiger partial charge in [0.15, 0.2) is 0 Å². The van der Waals surface area contributed by atoms with E-state index in [0.717, 1.165) is 12.8 Å². The molecule has 0 N–H and O–H groups in total. The van der Waals surface area contributed by atoms with E-state index in [1.165, 1.54) is 37.1 Å². The molecule has 0 bridgehead atoms. The summed E-state index contributed by atoms with van der Waals surface area (Å²) >= 11 is 0. The Morgan fingerprint density at radius 3 is 2.47 bits per heavy atom. The number of benzene rings is 1. The monoisotopic (exact) mass is 203 g/mol. The van der Waals surface area contributed by atoms with Crippen LogP contribution < -0.4 is 0 Å². The summed E-state index contributed by atoms with van der Waals surface area (Å²) < 4.78 is 0. The van der Waals surface area contributed by atoms with Crippen molar-refractivity contribution in [2.45, 2.75) is 25.8 Å². The summed E-state index contributed by atoms with van der Waals surface area (Å²) in [5.41, 5.74) is 2.49. The van der Waals surface area contributed by atoms with Crippen LogP contribution in [0.3, 0.4) is 0 Å². The van der Waals surface area contributed by atoms with Crippen molar-refractivity contribution < 1.29 is 4.79 Å². The van der Waals surface area contributed by atoms with Gasteiger partial charge in [0.2, 0.25) is 0 Å². The highest BCUT2D eigenvalue weighted by atomic mass is 16.1. The van der Waals surface area contributed by atoms with Crippen molar-refractivity contribution in [1.82, 2.24) is 4.90 Å². The highest BCUT2D eigenvalue weighted by molar-refractivity contribution is 5.56. The minimum Gasteiger partial charge on any atom is -0.303 e. The fourth-order valence-electron chi connectivity index (χ4n) is 2.18. The van der Waals surface area contributed by atoms with Gasteiger partial charge in [-0.15, -0.1) is 0 Å². The van der Waals surface area contributed by atoms with Gasteiger partial charge in [0.1, 0.15) is 6.29 Å². The maximum Gasteiger partial charge on any atom is 0.124 e. The van der Waals surface area contributed by atoms with Crippen molar-refractivity contribution in [2.24, 2.45) is 0 Å². The average molecular weight is 203 g/mol. The first-order valence-electron chi connectivity index (χ1n) is 5.63. The zero-order valence-electron chi connectivity index (χ0n) is 8.98. The van der Waals surface area contributed by atoms with Gasteiger partial charge in [0.25, 0.3) is 0 Å². The standard InChI is InChI=1S/C13H17NO/c15-10-7-12-5-1-2-6-13(12)11-14-8-3-4-9-14/h1-2,5-6,10H,3-4,7-9,11H2. The molecule has 1 aromatic carbocycles. The van der Waals surface area contributed by atoms with E-state index in [4.69, 9.17) is 0 Å². The fraction of sp³-hybridized carbons (Fsp3) is 0.462. The molecular formula is C13H17NO. The number of nitrogens with zero attached hydrogens (tertiary/aromatic N) is 1. The third-order valence-electron chi connectivity index (χ3n) is 3.01. The Balaban J connectivity index is 2.08. The summed E-state index contributed by atoms with van der Waals surface area (Å²) in [7, 11) is 0. The lowest BCUT2D eigenvalue weighted by Crippen LogP contribution is -2.19. The largest absolute Gasteiger partial charge is 0.303 e. The van der Waals surface area contributed by atoms with Crippen LogP contribution in [0.5, 0.6) is 0 Å². The summed E-state index contributed by atoms with van der Waals surface area (Å²) in [6.07, 6.45) is 4.17. The first-order valence-corrected chi connectivity index (χ1v) is 5.63. The summed E-state index contributed by atoms with van der Waals surface area (Å²) in [5, 5.41) is 0. The van der Waals surface area contributed by atoms with Crippen molar-refractivity contribution in [2.75, 3.05) is 13.1 Å². The average Bonchev–Trinajstić information content (AvgIpc) is 2.74. The van der Waals surface area contributed by atoms with E-state index in [-0.39, 0.29) is 0 Å². The first-order chi connectivity index (χ1) is 7.40. The second-order valence-electron chi connectivity index (χ2n) is 4.12. The SMILES string of the molecule is O=CCc1ccccc1CN1CCCC1. The van der Waals surface area contributed by atoms with Crippen LogP contribution in [0, 0.1) is 0 Å². The van der Waals surface area contributed by atoms with Crippen LogP contribution in [-0.4, -0.2) is 24.3 Å². The number of carbonyl (C=O) groups is 1. The van der Waals surface area contributed by atoms with E-state index >= 15 is 0 Å². The highest BCUT2D eigenvalue weighted by Crippen LogP contribution is 2.15. The van der Waals surface area contributed by atoms with Crippen LogP contribution >= 0.6 is 0 Å². The molecule has 0 saturated carbocycles. The third kappa shape index (κ3) is 2.66. The normalized spacial score (nSPS) is 16.8. The molecule has 1 saturated heterocycles. The quantitative estimate of drug-likeness (QED) is 0.698. The summed E-state index contributed by atoms with van der Waals surface area (Å²) in [6, 6.07) is 8.25. The van der Waals surface area contributed by atoms with Gasteiger partial charge in [-0.05, 0) is 37.1 Å². The molecule has 15 heavy (non-hydrogen) atoms. The molecule has 2 rings (SSSR count). The zero-order chi connectivity index (χ0) is 10.5. The molecule has 1 aliphatic heterocycles. The molecular weight excluding hydrogens is 186 g/mol. The molecule has 1 aliphatic rings. The third-order valence-corrected chi connectivity index (χ3v) is 3.01. The maximum absolute atomic E-state index is 10.6. The number of hydrogen-bond acceptors (Lipinski definition) is 2. The molecule has 0 unspecified atom stereocenters. The second kappa shape index (κ2) is 5.08. The van der Waals surface area contributed by atoms with Gasteiger partial charge in [0, 0.05) is 13.0 Å². The maximum atomic E-state index is 10.6. The smallest absolute Gasteiger partial charge is 0.124 e. The molecule has 0 amide bonds. The molecule has 1 heterocycles. The Morgan fingerprint density at radius 2 is 1.80 bits per heavy atom. The molecule has 0 spiro atoms. The van der Waals surface area contributed by atoms with Crippen molar-refractivity contribution >= 4 is 6.29 Å². The van der Waals surface area contributed by atoms with Gasteiger partial charge in [-0.2, -0.15) is 0 Å². The van der Waals surface area contributed by atoms with Crippen LogP contribution in [-0.2, 0) is 17.8 Å². The lowest BCUT2D eigenvalue weighted by molar-refractivity contribution is -0.107. The topological polar surface area (TPSA) is 20.3 Å². The van der Waals surface area contributed by atoms with Crippen molar-refractivity contribution in [3.63, 3.8) is 0 Å². The number of carbonyl (C=O) groups excluding carboxylic acids is 1. The molecule has 0 radical (unpaired) electrons. The highest BCUT2D eigenvalue weighted by Gasteiger charge is 2.12.